The van der Waals surface area contributed by atoms with Crippen LogP contribution >= 0.6 is 24.0 Å². The van der Waals surface area contributed by atoms with E-state index in [4.69, 9.17) is 4.74 Å². The van der Waals surface area contributed by atoms with Gasteiger partial charge in [-0.1, -0.05) is 38.3 Å². The highest BCUT2D eigenvalue weighted by Gasteiger charge is 2.08. The van der Waals surface area contributed by atoms with Crippen molar-refractivity contribution in [1.29, 1.82) is 0 Å². The summed E-state index contributed by atoms with van der Waals surface area (Å²) in [6.07, 6.45) is 4.84. The van der Waals surface area contributed by atoms with E-state index in [0.717, 1.165) is 24.5 Å². The molecule has 0 spiro atoms. The highest BCUT2D eigenvalue weighted by molar-refractivity contribution is 14.0. The molecule has 0 saturated carbocycles. The molecule has 0 heterocycles. The van der Waals surface area contributed by atoms with Gasteiger partial charge in [-0.05, 0) is 26.3 Å². The number of rotatable bonds is 9. The molecule has 0 fully saturated rings. The van der Waals surface area contributed by atoms with E-state index in [0.29, 0.717) is 18.3 Å². The van der Waals surface area contributed by atoms with Crippen LogP contribution in [0.4, 0.5) is 0 Å². The number of phenols is 1. The molecule has 1 aromatic carbocycles. The molecule has 0 aromatic heterocycles. The molecule has 0 aliphatic carbocycles. The van der Waals surface area contributed by atoms with Crippen molar-refractivity contribution in [3.05, 3.63) is 23.8 Å². The zero-order valence-corrected chi connectivity index (χ0v) is 17.6. The van der Waals surface area contributed by atoms with Gasteiger partial charge in [-0.3, -0.25) is 0 Å². The van der Waals surface area contributed by atoms with Crippen molar-refractivity contribution in [2.75, 3.05) is 13.7 Å². The molecular formula is C18H32IN3O2. The first-order chi connectivity index (χ1) is 11.1. The van der Waals surface area contributed by atoms with Gasteiger partial charge < -0.3 is 20.5 Å². The zero-order valence-electron chi connectivity index (χ0n) is 15.3. The Bertz CT molecular complexity index is 495. The number of guanidine groups is 1. The molecule has 0 bridgehead atoms. The number of halogens is 1. The summed E-state index contributed by atoms with van der Waals surface area (Å²) in [7, 11) is 1.55. The number of ether oxygens (including phenoxy) is 1. The highest BCUT2D eigenvalue weighted by atomic mass is 127. The first-order valence-electron chi connectivity index (χ1n) is 8.52. The Labute approximate surface area is 163 Å². The van der Waals surface area contributed by atoms with Crippen molar-refractivity contribution in [1.82, 2.24) is 10.6 Å². The minimum Gasteiger partial charge on any atom is -0.504 e. The predicted molar refractivity (Wildman–Crippen MR) is 112 cm³/mol. The summed E-state index contributed by atoms with van der Waals surface area (Å²) >= 11 is 0. The molecule has 1 rings (SSSR count). The van der Waals surface area contributed by atoms with Gasteiger partial charge in [-0.15, -0.1) is 24.0 Å². The van der Waals surface area contributed by atoms with Crippen LogP contribution in [-0.4, -0.2) is 30.8 Å². The van der Waals surface area contributed by atoms with Gasteiger partial charge in [0.2, 0.25) is 0 Å². The van der Waals surface area contributed by atoms with Gasteiger partial charge in [-0.2, -0.15) is 0 Å². The third kappa shape index (κ3) is 8.08. The minimum atomic E-state index is 0. The molecule has 3 N–H and O–H groups in total. The second-order valence-electron chi connectivity index (χ2n) is 5.70. The summed E-state index contributed by atoms with van der Waals surface area (Å²) in [6, 6.07) is 5.83. The lowest BCUT2D eigenvalue weighted by Crippen LogP contribution is -2.42. The van der Waals surface area contributed by atoms with Crippen molar-refractivity contribution >= 4 is 29.9 Å². The molecule has 0 aliphatic heterocycles. The SMILES string of the molecule is CCCCCC(C)NC(=NCc1cccc(OC)c1O)NCC.I. The number of hydrogen-bond acceptors (Lipinski definition) is 3. The number of methoxy groups -OCH3 is 1. The number of aliphatic imine (C=N–C) groups is 1. The van der Waals surface area contributed by atoms with Crippen LogP contribution in [-0.2, 0) is 6.54 Å². The van der Waals surface area contributed by atoms with E-state index in [1.807, 2.05) is 19.1 Å². The molecule has 24 heavy (non-hydrogen) atoms. The maximum Gasteiger partial charge on any atom is 0.191 e. The van der Waals surface area contributed by atoms with Crippen molar-refractivity contribution in [2.24, 2.45) is 4.99 Å². The van der Waals surface area contributed by atoms with Gasteiger partial charge in [0.25, 0.3) is 0 Å². The van der Waals surface area contributed by atoms with Gasteiger partial charge in [-0.25, -0.2) is 4.99 Å². The first kappa shape index (κ1) is 22.8. The molecular weight excluding hydrogens is 417 g/mol. The van der Waals surface area contributed by atoms with Crippen molar-refractivity contribution in [3.63, 3.8) is 0 Å². The number of para-hydroxylation sites is 1. The van der Waals surface area contributed by atoms with E-state index < -0.39 is 0 Å². The second-order valence-corrected chi connectivity index (χ2v) is 5.70. The molecule has 0 saturated heterocycles. The van der Waals surface area contributed by atoms with E-state index >= 15 is 0 Å². The van der Waals surface area contributed by atoms with Gasteiger partial charge in [0, 0.05) is 18.2 Å². The molecule has 0 amide bonds. The summed E-state index contributed by atoms with van der Waals surface area (Å²) in [5.74, 6) is 1.41. The van der Waals surface area contributed by atoms with Crippen LogP contribution < -0.4 is 15.4 Å². The maximum atomic E-state index is 10.1. The molecule has 1 unspecified atom stereocenters. The Morgan fingerprint density at radius 3 is 2.67 bits per heavy atom. The van der Waals surface area contributed by atoms with Gasteiger partial charge in [0.15, 0.2) is 17.5 Å². The van der Waals surface area contributed by atoms with E-state index in [2.05, 4.69) is 29.5 Å². The van der Waals surface area contributed by atoms with Crippen molar-refractivity contribution in [2.45, 2.75) is 59.0 Å². The van der Waals surface area contributed by atoms with Gasteiger partial charge >= 0.3 is 0 Å². The summed E-state index contributed by atoms with van der Waals surface area (Å²) in [5, 5.41) is 16.8. The summed E-state index contributed by atoms with van der Waals surface area (Å²) in [4.78, 5) is 4.57. The normalized spacial score (nSPS) is 12.2. The molecule has 1 atom stereocenters. The average Bonchev–Trinajstić information content (AvgIpc) is 2.54. The fourth-order valence-electron chi connectivity index (χ4n) is 2.35. The maximum absolute atomic E-state index is 10.1. The average molecular weight is 449 g/mol. The quantitative estimate of drug-likeness (QED) is 0.231. The second kappa shape index (κ2) is 13.1. The molecule has 5 nitrogen and oxygen atoms in total. The molecule has 1 aromatic rings. The number of benzene rings is 1. The Morgan fingerprint density at radius 2 is 2.04 bits per heavy atom. The van der Waals surface area contributed by atoms with Gasteiger partial charge in [0.1, 0.15) is 0 Å². The van der Waals surface area contributed by atoms with Crippen molar-refractivity contribution in [3.8, 4) is 11.5 Å². The lowest BCUT2D eigenvalue weighted by atomic mass is 10.1. The fourth-order valence-corrected chi connectivity index (χ4v) is 2.35. The summed E-state index contributed by atoms with van der Waals surface area (Å²) in [5.41, 5.74) is 0.750. The van der Waals surface area contributed by atoms with Crippen molar-refractivity contribution < 1.29 is 9.84 Å². The number of aromatic hydroxyl groups is 1. The monoisotopic (exact) mass is 449 g/mol. The lowest BCUT2D eigenvalue weighted by Gasteiger charge is -2.18. The zero-order chi connectivity index (χ0) is 17.1. The third-order valence-electron chi connectivity index (χ3n) is 3.68. The Kier molecular flexibility index (Phi) is 12.5. The summed E-state index contributed by atoms with van der Waals surface area (Å²) in [6.45, 7) is 7.63. The van der Waals surface area contributed by atoms with Crippen LogP contribution in [0.1, 0.15) is 52.0 Å². The van der Waals surface area contributed by atoms with Crippen LogP contribution in [0, 0.1) is 0 Å². The molecule has 138 valence electrons. The predicted octanol–water partition coefficient (Wildman–Crippen LogP) is 4.04. The Hall–Kier alpha value is -1.18. The van der Waals surface area contributed by atoms with E-state index in [1.54, 1.807) is 13.2 Å². The minimum absolute atomic E-state index is 0. The lowest BCUT2D eigenvalue weighted by molar-refractivity contribution is 0.370. The standard InChI is InChI=1S/C18H31N3O2.HI/c1-5-7-8-10-14(3)21-18(19-6-2)20-13-15-11-9-12-16(23-4)17(15)22;/h9,11-12,14,22H,5-8,10,13H2,1-4H3,(H2,19,20,21);1H. The number of phenolic OH excluding ortho intramolecular Hbond substituents is 1. The smallest absolute Gasteiger partial charge is 0.191 e. The molecule has 0 radical (unpaired) electrons. The number of nitrogens with zero attached hydrogens (tertiary/aromatic N) is 1. The summed E-state index contributed by atoms with van der Waals surface area (Å²) < 4.78 is 5.13. The topological polar surface area (TPSA) is 65.9 Å². The van der Waals surface area contributed by atoms with Gasteiger partial charge in [0.05, 0.1) is 13.7 Å². The van der Waals surface area contributed by atoms with Crippen LogP contribution in [0.15, 0.2) is 23.2 Å². The number of hydrogen-bond donors (Lipinski definition) is 3. The third-order valence-corrected chi connectivity index (χ3v) is 3.68. The number of unbranched alkanes of at least 4 members (excludes halogenated alkanes) is 2. The van der Waals surface area contributed by atoms with E-state index in [9.17, 15) is 5.11 Å². The van der Waals surface area contributed by atoms with Crippen LogP contribution in [0.2, 0.25) is 0 Å². The molecule has 6 heteroatoms. The molecule has 0 aliphatic rings. The van der Waals surface area contributed by atoms with Crippen LogP contribution in [0.5, 0.6) is 11.5 Å². The van der Waals surface area contributed by atoms with E-state index in [1.165, 1.54) is 19.3 Å². The highest BCUT2D eigenvalue weighted by Crippen LogP contribution is 2.29. The Morgan fingerprint density at radius 1 is 1.29 bits per heavy atom. The largest absolute Gasteiger partial charge is 0.504 e. The van der Waals surface area contributed by atoms with E-state index in [-0.39, 0.29) is 29.7 Å². The fraction of sp³-hybridized carbons (Fsp3) is 0.611. The number of nitrogens with one attached hydrogen (secondary N) is 2. The van der Waals surface area contributed by atoms with Crippen LogP contribution in [0.3, 0.4) is 0 Å². The first-order valence-corrected chi connectivity index (χ1v) is 8.52. The van der Waals surface area contributed by atoms with Crippen LogP contribution in [0.25, 0.3) is 0 Å². The Balaban J connectivity index is 0.00000529.